The Bertz CT molecular complexity index is 334. The molecule has 0 spiro atoms. The lowest BCUT2D eigenvalue weighted by atomic mass is 10.2. The molecule has 0 fully saturated rings. The van der Waals surface area contributed by atoms with Crippen LogP contribution in [-0.2, 0) is 9.53 Å². The highest BCUT2D eigenvalue weighted by molar-refractivity contribution is 9.11. The SMILES string of the molecule is CCOC(=O)C[C@@H](NCl)c1ncsc1Br. The van der Waals surface area contributed by atoms with E-state index in [-0.39, 0.29) is 18.4 Å². The van der Waals surface area contributed by atoms with E-state index >= 15 is 0 Å². The van der Waals surface area contributed by atoms with Gasteiger partial charge in [-0.3, -0.25) is 4.79 Å². The fourth-order valence-corrected chi connectivity index (χ4v) is 2.43. The summed E-state index contributed by atoms with van der Waals surface area (Å²) in [6.07, 6.45) is 0.166. The second-order valence-electron chi connectivity index (χ2n) is 2.68. The van der Waals surface area contributed by atoms with Gasteiger partial charge in [0, 0.05) is 0 Å². The van der Waals surface area contributed by atoms with E-state index in [1.54, 1.807) is 12.4 Å². The molecule has 0 amide bonds. The van der Waals surface area contributed by atoms with Crippen LogP contribution in [0.2, 0.25) is 0 Å². The average Bonchev–Trinajstić information content (AvgIpc) is 2.61. The van der Waals surface area contributed by atoms with Crippen LogP contribution in [0, 0.1) is 0 Å². The predicted molar refractivity (Wildman–Crippen MR) is 62.8 cm³/mol. The Balaban J connectivity index is 2.64. The van der Waals surface area contributed by atoms with Gasteiger partial charge >= 0.3 is 5.97 Å². The number of esters is 1. The van der Waals surface area contributed by atoms with Gasteiger partial charge in [0.25, 0.3) is 0 Å². The van der Waals surface area contributed by atoms with Crippen molar-refractivity contribution in [2.24, 2.45) is 0 Å². The molecule has 0 aliphatic heterocycles. The Morgan fingerprint density at radius 2 is 2.60 bits per heavy atom. The molecule has 0 unspecified atom stereocenters. The third-order valence-electron chi connectivity index (χ3n) is 1.69. The van der Waals surface area contributed by atoms with Gasteiger partial charge in [0.15, 0.2) is 0 Å². The summed E-state index contributed by atoms with van der Waals surface area (Å²) in [7, 11) is 0. The Kier molecular flexibility index (Phi) is 5.52. The number of hydrogen-bond donors (Lipinski definition) is 1. The maximum Gasteiger partial charge on any atom is 0.307 e. The second kappa shape index (κ2) is 6.42. The molecule has 1 aromatic heterocycles. The number of hydrogen-bond acceptors (Lipinski definition) is 5. The van der Waals surface area contributed by atoms with Crippen LogP contribution in [0.15, 0.2) is 9.30 Å². The number of ether oxygens (including phenoxy) is 1. The van der Waals surface area contributed by atoms with Crippen LogP contribution in [0.1, 0.15) is 25.1 Å². The first-order valence-corrected chi connectivity index (χ1v) is 6.34. The van der Waals surface area contributed by atoms with E-state index in [1.807, 2.05) is 0 Å². The largest absolute Gasteiger partial charge is 0.466 e. The molecule has 0 aromatic carbocycles. The summed E-state index contributed by atoms with van der Waals surface area (Å²) in [4.78, 5) is 17.9. The molecule has 0 radical (unpaired) electrons. The fraction of sp³-hybridized carbons (Fsp3) is 0.500. The average molecular weight is 314 g/mol. The first-order chi connectivity index (χ1) is 7.19. The summed E-state index contributed by atoms with van der Waals surface area (Å²) >= 11 is 10.3. The van der Waals surface area contributed by atoms with Crippen molar-refractivity contribution in [3.05, 3.63) is 15.0 Å². The number of aromatic nitrogens is 1. The lowest BCUT2D eigenvalue weighted by molar-refractivity contribution is -0.143. The first-order valence-electron chi connectivity index (χ1n) is 4.29. The van der Waals surface area contributed by atoms with E-state index in [2.05, 4.69) is 25.7 Å². The normalized spacial score (nSPS) is 12.5. The molecule has 0 bridgehead atoms. The predicted octanol–water partition coefficient (Wildman–Crippen LogP) is 2.64. The number of nitrogens with zero attached hydrogens (tertiary/aromatic N) is 1. The summed E-state index contributed by atoms with van der Waals surface area (Å²) in [6.45, 7) is 2.13. The summed E-state index contributed by atoms with van der Waals surface area (Å²) < 4.78 is 5.70. The summed E-state index contributed by atoms with van der Waals surface area (Å²) in [6, 6.07) is -0.327. The van der Waals surface area contributed by atoms with Crippen LogP contribution in [-0.4, -0.2) is 17.6 Å². The van der Waals surface area contributed by atoms with E-state index in [9.17, 15) is 4.79 Å². The molecule has 1 rings (SSSR count). The first kappa shape index (κ1) is 12.9. The fourth-order valence-electron chi connectivity index (χ4n) is 1.04. The number of thiazole rings is 1. The van der Waals surface area contributed by atoms with Gasteiger partial charge in [-0.25, -0.2) is 9.82 Å². The molecule has 1 N–H and O–H groups in total. The Hall–Kier alpha value is -0.170. The van der Waals surface area contributed by atoms with Crippen molar-refractivity contribution in [3.8, 4) is 0 Å². The van der Waals surface area contributed by atoms with Gasteiger partial charge in [-0.2, -0.15) is 0 Å². The molecule has 0 aliphatic rings. The minimum absolute atomic E-state index is 0.166. The molecule has 15 heavy (non-hydrogen) atoms. The maximum absolute atomic E-state index is 11.3. The van der Waals surface area contributed by atoms with Crippen LogP contribution >= 0.6 is 39.0 Å². The lowest BCUT2D eigenvalue weighted by Gasteiger charge is -2.11. The summed E-state index contributed by atoms with van der Waals surface area (Å²) in [5, 5.41) is 0. The molecule has 0 aliphatic carbocycles. The summed E-state index contributed by atoms with van der Waals surface area (Å²) in [5.41, 5.74) is 2.41. The second-order valence-corrected chi connectivity index (χ2v) is 5.07. The van der Waals surface area contributed by atoms with Gasteiger partial charge < -0.3 is 4.74 Å². The van der Waals surface area contributed by atoms with Crippen molar-refractivity contribution in [1.82, 2.24) is 9.82 Å². The smallest absolute Gasteiger partial charge is 0.307 e. The lowest BCUT2D eigenvalue weighted by Crippen LogP contribution is -2.18. The molecule has 4 nitrogen and oxygen atoms in total. The van der Waals surface area contributed by atoms with Gasteiger partial charge in [0.05, 0.1) is 34.1 Å². The van der Waals surface area contributed by atoms with Gasteiger partial charge in [-0.05, 0) is 34.6 Å². The van der Waals surface area contributed by atoms with E-state index in [1.165, 1.54) is 11.3 Å². The maximum atomic E-state index is 11.3. The Labute approximate surface area is 105 Å². The van der Waals surface area contributed by atoms with Crippen LogP contribution in [0.25, 0.3) is 0 Å². The Morgan fingerprint density at radius 1 is 1.87 bits per heavy atom. The van der Waals surface area contributed by atoms with Gasteiger partial charge in [0.2, 0.25) is 0 Å². The third kappa shape index (κ3) is 3.71. The van der Waals surface area contributed by atoms with Crippen LogP contribution in [0.4, 0.5) is 0 Å². The van der Waals surface area contributed by atoms with E-state index in [0.717, 1.165) is 9.48 Å². The number of carbonyl (C=O) groups excluding carboxylic acids is 1. The van der Waals surface area contributed by atoms with Gasteiger partial charge in [-0.15, -0.1) is 11.3 Å². The molecule has 1 atom stereocenters. The number of nitrogens with one attached hydrogen (secondary N) is 1. The minimum Gasteiger partial charge on any atom is -0.466 e. The van der Waals surface area contributed by atoms with Crippen LogP contribution in [0.3, 0.4) is 0 Å². The minimum atomic E-state index is -0.327. The summed E-state index contributed by atoms with van der Waals surface area (Å²) in [5.74, 6) is -0.296. The van der Waals surface area contributed by atoms with Crippen molar-refractivity contribution in [1.29, 1.82) is 0 Å². The Morgan fingerprint density at radius 3 is 3.07 bits per heavy atom. The molecule has 0 saturated carbocycles. The molecule has 7 heteroatoms. The number of halogens is 2. The molecule has 0 saturated heterocycles. The number of carbonyl (C=O) groups is 1. The van der Waals surface area contributed by atoms with Crippen LogP contribution < -0.4 is 4.84 Å². The zero-order valence-electron chi connectivity index (χ0n) is 8.00. The quantitative estimate of drug-likeness (QED) is 0.671. The number of rotatable bonds is 5. The van der Waals surface area contributed by atoms with Gasteiger partial charge in [0.1, 0.15) is 0 Å². The molecular weight excluding hydrogens is 304 g/mol. The van der Waals surface area contributed by atoms with Crippen molar-refractivity contribution < 1.29 is 9.53 Å². The molecule has 1 aromatic rings. The highest BCUT2D eigenvalue weighted by Crippen LogP contribution is 2.28. The molecular formula is C8H10BrClN2O2S. The van der Waals surface area contributed by atoms with Crippen molar-refractivity contribution in [2.75, 3.05) is 6.61 Å². The zero-order valence-corrected chi connectivity index (χ0v) is 11.2. The van der Waals surface area contributed by atoms with E-state index in [4.69, 9.17) is 16.5 Å². The highest BCUT2D eigenvalue weighted by Gasteiger charge is 2.20. The highest BCUT2D eigenvalue weighted by atomic mass is 79.9. The van der Waals surface area contributed by atoms with Crippen molar-refractivity contribution >= 4 is 45.0 Å². The monoisotopic (exact) mass is 312 g/mol. The third-order valence-corrected chi connectivity index (χ3v) is 3.54. The van der Waals surface area contributed by atoms with Crippen molar-refractivity contribution in [3.63, 3.8) is 0 Å². The van der Waals surface area contributed by atoms with Crippen LogP contribution in [0.5, 0.6) is 0 Å². The van der Waals surface area contributed by atoms with Gasteiger partial charge in [-0.1, -0.05) is 0 Å². The van der Waals surface area contributed by atoms with E-state index in [0.29, 0.717) is 6.61 Å². The zero-order chi connectivity index (χ0) is 11.3. The topological polar surface area (TPSA) is 51.2 Å². The molecule has 1 heterocycles. The standard InChI is InChI=1S/C8H10BrClN2O2S/c1-2-14-6(13)3-5(12-10)7-8(9)15-4-11-7/h4-5,12H,2-3H2,1H3/t5-/m1/s1. The molecule has 84 valence electrons. The van der Waals surface area contributed by atoms with Crippen molar-refractivity contribution in [2.45, 2.75) is 19.4 Å². The van der Waals surface area contributed by atoms with E-state index < -0.39 is 0 Å².